The van der Waals surface area contributed by atoms with E-state index in [0.29, 0.717) is 29.0 Å². The van der Waals surface area contributed by atoms with Crippen molar-refractivity contribution in [3.8, 4) is 0 Å². The fraction of sp³-hybridized carbons (Fsp3) is 0.773. The Morgan fingerprint density at radius 1 is 1.29 bits per heavy atom. The molecule has 0 aromatic rings. The van der Waals surface area contributed by atoms with Gasteiger partial charge in [0.05, 0.1) is 0 Å². The van der Waals surface area contributed by atoms with E-state index in [2.05, 4.69) is 32.6 Å². The molecule has 0 aliphatic heterocycles. The minimum atomic E-state index is 0.00975. The van der Waals surface area contributed by atoms with Gasteiger partial charge in [-0.05, 0) is 67.4 Å². The molecular formula is C22H32OS. The minimum Gasteiger partial charge on any atom is -0.299 e. The molecule has 3 fully saturated rings. The van der Waals surface area contributed by atoms with Crippen molar-refractivity contribution in [3.63, 3.8) is 0 Å². The van der Waals surface area contributed by atoms with Gasteiger partial charge in [0, 0.05) is 23.5 Å². The van der Waals surface area contributed by atoms with Crippen LogP contribution in [-0.2, 0) is 4.79 Å². The van der Waals surface area contributed by atoms with Gasteiger partial charge in [-0.25, -0.2) is 0 Å². The molecule has 0 bridgehead atoms. The van der Waals surface area contributed by atoms with Gasteiger partial charge in [0.15, 0.2) is 0 Å². The molecule has 0 spiro atoms. The molecule has 0 amide bonds. The van der Waals surface area contributed by atoms with Gasteiger partial charge in [-0.3, -0.25) is 4.79 Å². The van der Waals surface area contributed by atoms with Gasteiger partial charge in [-0.2, -0.15) is 11.8 Å². The molecule has 1 nitrogen and oxygen atoms in total. The lowest BCUT2D eigenvalue weighted by Gasteiger charge is -2.59. The summed E-state index contributed by atoms with van der Waals surface area (Å²) in [7, 11) is 0. The van der Waals surface area contributed by atoms with Gasteiger partial charge < -0.3 is 0 Å². The molecule has 0 heterocycles. The maximum atomic E-state index is 12.9. The summed E-state index contributed by atoms with van der Waals surface area (Å²) in [5.41, 5.74) is 1.85. The number of carbonyl (C=O) groups is 1. The van der Waals surface area contributed by atoms with E-state index >= 15 is 0 Å². The first-order valence-electron chi connectivity index (χ1n) is 9.98. The highest BCUT2D eigenvalue weighted by molar-refractivity contribution is 7.99. The Balaban J connectivity index is 1.68. The summed E-state index contributed by atoms with van der Waals surface area (Å²) >= 11 is 1.99. The topological polar surface area (TPSA) is 17.1 Å². The third kappa shape index (κ3) is 2.24. The molecule has 0 radical (unpaired) electrons. The normalized spacial score (nSPS) is 47.2. The van der Waals surface area contributed by atoms with Crippen molar-refractivity contribution < 1.29 is 4.79 Å². The zero-order chi connectivity index (χ0) is 16.9. The first-order chi connectivity index (χ1) is 11.5. The van der Waals surface area contributed by atoms with Crippen molar-refractivity contribution in [3.05, 3.63) is 24.3 Å². The largest absolute Gasteiger partial charge is 0.299 e. The number of ketones is 1. The summed E-state index contributed by atoms with van der Waals surface area (Å²) < 4.78 is 0. The van der Waals surface area contributed by atoms with Crippen LogP contribution in [0.3, 0.4) is 0 Å². The SMILES string of the molecule is C=C1C[C@H]2[C@@H]3CCC(=O)[C@@]3(CSCC)CC[C@@H]2[C@@]2(C)CCC=CC12. The quantitative estimate of drug-likeness (QED) is 0.614. The Kier molecular flexibility index (Phi) is 4.26. The molecule has 24 heavy (non-hydrogen) atoms. The molecule has 132 valence electrons. The molecule has 0 aromatic carbocycles. The van der Waals surface area contributed by atoms with Crippen LogP contribution in [0, 0.1) is 34.5 Å². The van der Waals surface area contributed by atoms with Crippen molar-refractivity contribution in [2.24, 2.45) is 34.5 Å². The smallest absolute Gasteiger partial charge is 0.140 e. The molecule has 2 heteroatoms. The van der Waals surface area contributed by atoms with E-state index < -0.39 is 0 Å². The van der Waals surface area contributed by atoms with Crippen LogP contribution in [0.1, 0.15) is 58.8 Å². The summed E-state index contributed by atoms with van der Waals surface area (Å²) in [5.74, 6) is 5.52. The fourth-order valence-electron chi connectivity index (χ4n) is 6.97. The van der Waals surface area contributed by atoms with E-state index in [-0.39, 0.29) is 5.41 Å². The number of thioether (sulfide) groups is 1. The van der Waals surface area contributed by atoms with Crippen molar-refractivity contribution in [1.82, 2.24) is 0 Å². The summed E-state index contributed by atoms with van der Waals surface area (Å²) in [5, 5.41) is 0. The number of allylic oxidation sites excluding steroid dienone is 3. The molecular weight excluding hydrogens is 312 g/mol. The summed E-state index contributed by atoms with van der Waals surface area (Å²) in [6.07, 6.45) is 13.0. The van der Waals surface area contributed by atoms with E-state index in [0.717, 1.165) is 36.7 Å². The van der Waals surface area contributed by atoms with Gasteiger partial charge in [0.1, 0.15) is 5.78 Å². The molecule has 0 N–H and O–H groups in total. The highest BCUT2D eigenvalue weighted by Gasteiger charge is 2.61. The molecule has 1 unspecified atom stereocenters. The Hall–Kier alpha value is -0.500. The summed E-state index contributed by atoms with van der Waals surface area (Å²) in [4.78, 5) is 12.9. The lowest BCUT2D eigenvalue weighted by Crippen LogP contribution is -2.54. The number of hydrogen-bond donors (Lipinski definition) is 0. The Labute approximate surface area is 151 Å². The van der Waals surface area contributed by atoms with Gasteiger partial charge >= 0.3 is 0 Å². The van der Waals surface area contributed by atoms with Crippen molar-refractivity contribution in [1.29, 1.82) is 0 Å². The monoisotopic (exact) mass is 344 g/mol. The van der Waals surface area contributed by atoms with Crippen LogP contribution < -0.4 is 0 Å². The van der Waals surface area contributed by atoms with E-state index in [1.165, 1.54) is 31.3 Å². The number of carbonyl (C=O) groups excluding carboxylic acids is 1. The van der Waals surface area contributed by atoms with E-state index in [4.69, 9.17) is 0 Å². The molecule has 0 saturated heterocycles. The van der Waals surface area contributed by atoms with Gasteiger partial charge in [0.2, 0.25) is 0 Å². The Morgan fingerprint density at radius 2 is 2.12 bits per heavy atom. The number of rotatable bonds is 3. The number of fused-ring (bicyclic) bond motifs is 5. The minimum absolute atomic E-state index is 0.00975. The van der Waals surface area contributed by atoms with Crippen molar-refractivity contribution in [2.75, 3.05) is 11.5 Å². The molecule has 4 aliphatic carbocycles. The van der Waals surface area contributed by atoms with Crippen LogP contribution in [0.25, 0.3) is 0 Å². The molecule has 0 aromatic heterocycles. The van der Waals surface area contributed by atoms with Crippen LogP contribution in [0.2, 0.25) is 0 Å². The highest BCUT2D eigenvalue weighted by Crippen LogP contribution is 2.66. The van der Waals surface area contributed by atoms with Crippen LogP contribution in [0.4, 0.5) is 0 Å². The van der Waals surface area contributed by atoms with Crippen LogP contribution in [-0.4, -0.2) is 17.3 Å². The zero-order valence-electron chi connectivity index (χ0n) is 15.4. The first-order valence-corrected chi connectivity index (χ1v) is 11.1. The second-order valence-electron chi connectivity index (χ2n) is 8.98. The molecule has 3 saturated carbocycles. The van der Waals surface area contributed by atoms with Crippen molar-refractivity contribution in [2.45, 2.75) is 58.8 Å². The molecule has 4 aliphatic rings. The van der Waals surface area contributed by atoms with Gasteiger partial charge in [0.25, 0.3) is 0 Å². The van der Waals surface area contributed by atoms with Crippen LogP contribution >= 0.6 is 11.8 Å². The summed E-state index contributed by atoms with van der Waals surface area (Å²) in [6.45, 7) is 9.27. The predicted molar refractivity (Wildman–Crippen MR) is 103 cm³/mol. The second kappa shape index (κ2) is 6.04. The highest BCUT2D eigenvalue weighted by atomic mass is 32.2. The Bertz CT molecular complexity index is 579. The molecule has 4 rings (SSSR count). The predicted octanol–water partition coefficient (Wildman–Crippen LogP) is 5.66. The maximum absolute atomic E-state index is 12.9. The third-order valence-corrected chi connectivity index (χ3v) is 9.25. The third-order valence-electron chi connectivity index (χ3n) is 8.12. The van der Waals surface area contributed by atoms with Crippen LogP contribution in [0.15, 0.2) is 24.3 Å². The Morgan fingerprint density at radius 3 is 2.92 bits per heavy atom. The first kappa shape index (κ1) is 16.9. The maximum Gasteiger partial charge on any atom is 0.140 e. The van der Waals surface area contributed by atoms with E-state index in [1.807, 2.05) is 11.8 Å². The van der Waals surface area contributed by atoms with E-state index in [1.54, 1.807) is 0 Å². The zero-order valence-corrected chi connectivity index (χ0v) is 16.2. The van der Waals surface area contributed by atoms with E-state index in [9.17, 15) is 4.79 Å². The lowest BCUT2D eigenvalue weighted by molar-refractivity contribution is -0.133. The van der Waals surface area contributed by atoms with Crippen molar-refractivity contribution >= 4 is 17.5 Å². The lowest BCUT2D eigenvalue weighted by atomic mass is 9.45. The average Bonchev–Trinajstić information content (AvgIpc) is 2.90. The average molecular weight is 345 g/mol. The van der Waals surface area contributed by atoms with Gasteiger partial charge in [-0.1, -0.05) is 38.2 Å². The fourth-order valence-corrected chi connectivity index (χ4v) is 8.06. The van der Waals surface area contributed by atoms with Crippen LogP contribution in [0.5, 0.6) is 0 Å². The van der Waals surface area contributed by atoms with Gasteiger partial charge in [-0.15, -0.1) is 0 Å². The standard InChI is InChI=1S/C22H32OS/c1-4-24-14-22-12-10-18-16(19(22)8-9-20(22)23)13-15(2)17-7-5-6-11-21(17,18)3/h5,7,16-19H,2,4,6,8-14H2,1,3H3/t16-,17?,18+,19+,21+,22-/m1/s1. The molecule has 6 atom stereocenters. The number of hydrogen-bond acceptors (Lipinski definition) is 2. The summed E-state index contributed by atoms with van der Waals surface area (Å²) in [6, 6.07) is 0. The second-order valence-corrected chi connectivity index (χ2v) is 10.3. The number of Topliss-reactive ketones (excluding diaryl/α,β-unsaturated/α-hetero) is 1.